The van der Waals surface area contributed by atoms with Gasteiger partial charge in [-0.2, -0.15) is 0 Å². The summed E-state index contributed by atoms with van der Waals surface area (Å²) in [5, 5.41) is 2.99. The van der Waals surface area contributed by atoms with E-state index in [1.54, 1.807) is 30.3 Å². The number of ether oxygens (including phenoxy) is 2. The first-order chi connectivity index (χ1) is 12.6. The van der Waals surface area contributed by atoms with Crippen LogP contribution in [-0.2, 0) is 0 Å². The maximum absolute atomic E-state index is 13.1. The van der Waals surface area contributed by atoms with Gasteiger partial charge in [0.1, 0.15) is 22.9 Å². The van der Waals surface area contributed by atoms with E-state index in [2.05, 4.69) is 10.2 Å². The fraction of sp³-hybridized carbons (Fsp3) is 0.350. The maximum Gasteiger partial charge on any atom is 0.258 e. The highest BCUT2D eigenvalue weighted by Gasteiger charge is 2.24. The molecule has 1 fully saturated rings. The zero-order valence-corrected chi connectivity index (χ0v) is 15.0. The summed E-state index contributed by atoms with van der Waals surface area (Å²) in [5.41, 5.74) is 1.41. The Kier molecular flexibility index (Phi) is 5.61. The molecular formula is C20H23FN2O3. The van der Waals surface area contributed by atoms with Gasteiger partial charge in [0.25, 0.3) is 5.91 Å². The normalized spacial score (nSPS) is 16.4. The van der Waals surface area contributed by atoms with Gasteiger partial charge in [0.15, 0.2) is 0 Å². The van der Waals surface area contributed by atoms with Crippen LogP contribution in [0.15, 0.2) is 42.5 Å². The molecule has 1 amide bonds. The molecular weight excluding hydrogens is 335 g/mol. The Balaban J connectivity index is 1.60. The number of halogens is 1. The van der Waals surface area contributed by atoms with Crippen LogP contribution in [0.4, 0.5) is 10.1 Å². The molecule has 1 aliphatic rings. The molecule has 1 saturated heterocycles. The molecule has 26 heavy (non-hydrogen) atoms. The summed E-state index contributed by atoms with van der Waals surface area (Å²) in [7, 11) is 3.06. The number of amides is 1. The lowest BCUT2D eigenvalue weighted by atomic mass is 10.1. The van der Waals surface area contributed by atoms with Crippen LogP contribution in [0.2, 0.25) is 0 Å². The van der Waals surface area contributed by atoms with Crippen LogP contribution in [0.1, 0.15) is 16.8 Å². The van der Waals surface area contributed by atoms with Gasteiger partial charge < -0.3 is 19.7 Å². The fourth-order valence-corrected chi connectivity index (χ4v) is 3.29. The highest BCUT2D eigenvalue weighted by molar-refractivity contribution is 5.99. The van der Waals surface area contributed by atoms with Gasteiger partial charge in [-0.15, -0.1) is 0 Å². The summed E-state index contributed by atoms with van der Waals surface area (Å²) in [4.78, 5) is 14.8. The number of hydrogen-bond donors (Lipinski definition) is 1. The lowest BCUT2D eigenvalue weighted by molar-refractivity contribution is 0.0942. The van der Waals surface area contributed by atoms with E-state index in [1.165, 1.54) is 26.4 Å². The minimum absolute atomic E-state index is 0.209. The molecule has 0 bridgehead atoms. The van der Waals surface area contributed by atoms with Crippen molar-refractivity contribution in [3.63, 3.8) is 0 Å². The lowest BCUT2D eigenvalue weighted by Crippen LogP contribution is -2.31. The summed E-state index contributed by atoms with van der Waals surface area (Å²) in [6.45, 7) is 2.29. The van der Waals surface area contributed by atoms with Gasteiger partial charge in [0.05, 0.1) is 14.2 Å². The zero-order valence-electron chi connectivity index (χ0n) is 15.0. The topological polar surface area (TPSA) is 50.8 Å². The van der Waals surface area contributed by atoms with E-state index in [4.69, 9.17) is 9.47 Å². The predicted octanol–water partition coefficient (Wildman–Crippen LogP) is 3.10. The number of carbonyl (C=O) groups is 1. The van der Waals surface area contributed by atoms with E-state index >= 15 is 0 Å². The first-order valence-electron chi connectivity index (χ1n) is 8.62. The highest BCUT2D eigenvalue weighted by atomic mass is 19.1. The molecule has 1 atom stereocenters. The van der Waals surface area contributed by atoms with E-state index in [-0.39, 0.29) is 11.7 Å². The van der Waals surface area contributed by atoms with E-state index < -0.39 is 0 Å². The minimum atomic E-state index is -0.234. The van der Waals surface area contributed by atoms with Crippen LogP contribution in [-0.4, -0.2) is 39.8 Å². The summed E-state index contributed by atoms with van der Waals surface area (Å²) >= 11 is 0. The van der Waals surface area contributed by atoms with Crippen molar-refractivity contribution in [2.24, 2.45) is 5.92 Å². The lowest BCUT2D eigenvalue weighted by Gasteiger charge is -2.19. The number of methoxy groups -OCH3 is 2. The SMILES string of the molecule is COc1cccc(OC)c1C(=O)NCC1CCN(c2ccc(F)cc2)C1. The Morgan fingerprint density at radius 1 is 1.15 bits per heavy atom. The first-order valence-corrected chi connectivity index (χ1v) is 8.62. The standard InChI is InChI=1S/C20H23FN2O3/c1-25-17-4-3-5-18(26-2)19(17)20(24)22-12-14-10-11-23(13-14)16-8-6-15(21)7-9-16/h3-9,14H,10-13H2,1-2H3,(H,22,24). The van der Waals surface area contributed by atoms with E-state index in [9.17, 15) is 9.18 Å². The number of anilines is 1. The molecule has 1 unspecified atom stereocenters. The van der Waals surface area contributed by atoms with Gasteiger partial charge in [-0.05, 0) is 48.7 Å². The third kappa shape index (κ3) is 3.90. The number of nitrogens with zero attached hydrogens (tertiary/aromatic N) is 1. The quantitative estimate of drug-likeness (QED) is 0.862. The van der Waals surface area contributed by atoms with Crippen molar-refractivity contribution in [1.82, 2.24) is 5.32 Å². The van der Waals surface area contributed by atoms with Crippen molar-refractivity contribution >= 4 is 11.6 Å². The number of rotatable bonds is 6. The van der Waals surface area contributed by atoms with Crippen molar-refractivity contribution in [2.45, 2.75) is 6.42 Å². The van der Waals surface area contributed by atoms with Gasteiger partial charge in [0, 0.05) is 25.3 Å². The molecule has 0 radical (unpaired) electrons. The predicted molar refractivity (Wildman–Crippen MR) is 98.6 cm³/mol. The van der Waals surface area contributed by atoms with Crippen molar-refractivity contribution in [2.75, 3.05) is 38.8 Å². The first kappa shape index (κ1) is 18.0. The summed E-state index contributed by atoms with van der Waals surface area (Å²) in [6, 6.07) is 11.8. The monoisotopic (exact) mass is 358 g/mol. The molecule has 2 aromatic rings. The van der Waals surface area contributed by atoms with Crippen molar-refractivity contribution in [1.29, 1.82) is 0 Å². The summed E-state index contributed by atoms with van der Waals surface area (Å²) in [5.74, 6) is 0.870. The molecule has 2 aromatic carbocycles. The second-order valence-corrected chi connectivity index (χ2v) is 6.32. The van der Waals surface area contributed by atoms with E-state index in [1.807, 2.05) is 0 Å². The van der Waals surface area contributed by atoms with Gasteiger partial charge in [-0.3, -0.25) is 4.79 Å². The smallest absolute Gasteiger partial charge is 0.258 e. The molecule has 0 aromatic heterocycles. The molecule has 5 nitrogen and oxygen atoms in total. The van der Waals surface area contributed by atoms with Crippen LogP contribution in [0, 0.1) is 11.7 Å². The molecule has 0 spiro atoms. The van der Waals surface area contributed by atoms with Gasteiger partial charge >= 0.3 is 0 Å². The molecule has 3 rings (SSSR count). The molecule has 6 heteroatoms. The third-order valence-corrected chi connectivity index (χ3v) is 4.68. The maximum atomic E-state index is 13.1. The minimum Gasteiger partial charge on any atom is -0.496 e. The van der Waals surface area contributed by atoms with E-state index in [0.29, 0.717) is 29.5 Å². The number of hydrogen-bond acceptors (Lipinski definition) is 4. The third-order valence-electron chi connectivity index (χ3n) is 4.68. The van der Waals surface area contributed by atoms with Gasteiger partial charge in [-0.1, -0.05) is 6.07 Å². The summed E-state index contributed by atoms with van der Waals surface area (Å²) < 4.78 is 23.6. The molecule has 1 N–H and O–H groups in total. The molecule has 1 aliphatic heterocycles. The van der Waals surface area contributed by atoms with Crippen LogP contribution < -0.4 is 19.7 Å². The van der Waals surface area contributed by atoms with Gasteiger partial charge in [0.2, 0.25) is 0 Å². The number of benzene rings is 2. The largest absolute Gasteiger partial charge is 0.496 e. The van der Waals surface area contributed by atoms with Crippen LogP contribution in [0.5, 0.6) is 11.5 Å². The van der Waals surface area contributed by atoms with Crippen LogP contribution in [0.3, 0.4) is 0 Å². The Morgan fingerprint density at radius 3 is 2.42 bits per heavy atom. The molecule has 0 aliphatic carbocycles. The Bertz CT molecular complexity index is 742. The number of carbonyl (C=O) groups excluding carboxylic acids is 1. The van der Waals surface area contributed by atoms with Crippen LogP contribution >= 0.6 is 0 Å². The van der Waals surface area contributed by atoms with Crippen molar-refractivity contribution in [3.8, 4) is 11.5 Å². The highest BCUT2D eigenvalue weighted by Crippen LogP contribution is 2.28. The Labute approximate surface area is 152 Å². The zero-order chi connectivity index (χ0) is 18.5. The molecule has 0 saturated carbocycles. The average molecular weight is 358 g/mol. The average Bonchev–Trinajstić information content (AvgIpc) is 3.15. The molecule has 1 heterocycles. The van der Waals surface area contributed by atoms with E-state index in [0.717, 1.165) is 25.2 Å². The summed E-state index contributed by atoms with van der Waals surface area (Å²) in [6.07, 6.45) is 0.973. The Morgan fingerprint density at radius 2 is 1.81 bits per heavy atom. The molecule has 138 valence electrons. The Hall–Kier alpha value is -2.76. The number of nitrogens with one attached hydrogen (secondary N) is 1. The van der Waals surface area contributed by atoms with Crippen molar-refractivity contribution < 1.29 is 18.7 Å². The second kappa shape index (κ2) is 8.08. The van der Waals surface area contributed by atoms with Crippen molar-refractivity contribution in [3.05, 3.63) is 53.8 Å². The second-order valence-electron chi connectivity index (χ2n) is 6.32. The van der Waals surface area contributed by atoms with Gasteiger partial charge in [-0.25, -0.2) is 4.39 Å². The van der Waals surface area contributed by atoms with Crippen LogP contribution in [0.25, 0.3) is 0 Å². The fourth-order valence-electron chi connectivity index (χ4n) is 3.29.